The summed E-state index contributed by atoms with van der Waals surface area (Å²) in [6.45, 7) is 0. The molecule has 0 saturated carbocycles. The third-order valence-corrected chi connectivity index (χ3v) is 0. The zero-order valence-corrected chi connectivity index (χ0v) is 7.90. The van der Waals surface area contributed by atoms with Gasteiger partial charge in [-0.3, -0.25) is 0 Å². The molecule has 32 valence electrons. The van der Waals surface area contributed by atoms with Crippen molar-refractivity contribution in [2.45, 2.75) is 0 Å². The Bertz CT molecular complexity index is 39.0. The molecule has 0 unspecified atom stereocenters. The van der Waals surface area contributed by atoms with Crippen LogP contribution in [0.4, 0.5) is 4.79 Å². The maximum Gasteiger partial charge on any atom is 3.00 e. The number of hydrogen-bond donors (Lipinski definition) is 0. The fraction of sp³-hybridized carbons (Fsp3) is 0. The Morgan fingerprint density at radius 2 is 1.25 bits per heavy atom. The molecule has 0 bridgehead atoms. The molecule has 0 heterocycles. The van der Waals surface area contributed by atoms with E-state index in [1.807, 2.05) is 0 Å². The minimum atomic E-state index is -2.33. The third kappa shape index (κ3) is 161. The van der Waals surface area contributed by atoms with Crippen molar-refractivity contribution in [3.05, 3.63) is 0 Å². The first-order valence-corrected chi connectivity index (χ1v) is 0.612. The van der Waals surface area contributed by atoms with Crippen LogP contribution in [0.15, 0.2) is 0 Å². The van der Waals surface area contributed by atoms with E-state index in [1.165, 1.54) is 0 Å². The van der Waals surface area contributed by atoms with Gasteiger partial charge >= 0.3 is 65.8 Å². The summed E-state index contributed by atoms with van der Waals surface area (Å²) in [6, 6.07) is 0. The molecule has 0 fully saturated rings. The van der Waals surface area contributed by atoms with Crippen LogP contribution in [-0.2, 0) is 0 Å². The molecule has 0 amide bonds. The predicted molar refractivity (Wildman–Crippen MR) is 13.1 cm³/mol. The standard InChI is InChI=1S/CH2O3.Al.Li.Na.H2O/c2-1(3)4;;;;/h(H2,2,3,4);;;;1H2/q;+3;2*+1;/p-3. The molecule has 0 radical (unpaired) electrons. The molecule has 0 rings (SSSR count). The van der Waals surface area contributed by atoms with Gasteiger partial charge in [-0.15, -0.1) is 0 Å². The minimum Gasteiger partial charge on any atom is -0.870 e. The summed E-state index contributed by atoms with van der Waals surface area (Å²) in [5, 5.41) is 16.7. The molecule has 8 heavy (non-hydrogen) atoms. The van der Waals surface area contributed by atoms with Crippen molar-refractivity contribution < 1.29 is 68.9 Å². The smallest absolute Gasteiger partial charge is 0.870 e. The second kappa shape index (κ2) is 23.8. The van der Waals surface area contributed by atoms with Crippen LogP contribution in [0.25, 0.3) is 0 Å². The number of carbonyl (C=O) groups is 1. The molecule has 1 N–H and O–H groups in total. The first-order valence-electron chi connectivity index (χ1n) is 0.612. The topological polar surface area (TPSA) is 93.2 Å². The predicted octanol–water partition coefficient (Wildman–Crippen LogP) is -9.00. The summed E-state index contributed by atoms with van der Waals surface area (Å²) in [4.78, 5) is 8.33. The Morgan fingerprint density at radius 1 is 1.25 bits per heavy atom. The van der Waals surface area contributed by atoms with Crippen molar-refractivity contribution in [1.82, 2.24) is 0 Å². The second-order valence-electron chi connectivity index (χ2n) is 0.250. The Balaban J connectivity index is -0.00000000750. The van der Waals surface area contributed by atoms with Crippen LogP contribution < -0.4 is 58.6 Å². The van der Waals surface area contributed by atoms with Crippen molar-refractivity contribution in [1.29, 1.82) is 0 Å². The third-order valence-electron chi connectivity index (χ3n) is 0. The van der Waals surface area contributed by atoms with E-state index in [0.717, 1.165) is 0 Å². The van der Waals surface area contributed by atoms with Gasteiger partial charge in [0.05, 0.1) is 0 Å². The van der Waals surface area contributed by atoms with Crippen LogP contribution in [0.1, 0.15) is 0 Å². The first kappa shape index (κ1) is 34.4. The number of rotatable bonds is 0. The van der Waals surface area contributed by atoms with E-state index in [0.29, 0.717) is 0 Å². The molecule has 0 spiro atoms. The van der Waals surface area contributed by atoms with Crippen LogP contribution in [0.5, 0.6) is 0 Å². The molecule has 0 aromatic rings. The van der Waals surface area contributed by atoms with E-state index in [1.54, 1.807) is 0 Å². The van der Waals surface area contributed by atoms with Crippen LogP contribution in [0.3, 0.4) is 0 Å². The van der Waals surface area contributed by atoms with Gasteiger partial charge in [-0.05, 0) is 6.16 Å². The van der Waals surface area contributed by atoms with Gasteiger partial charge in [-0.1, -0.05) is 0 Å². The van der Waals surface area contributed by atoms with E-state index in [4.69, 9.17) is 15.0 Å². The maximum absolute atomic E-state index is 8.33. The number of hydrogen-bond acceptors (Lipinski definition) is 4. The molecule has 7 heteroatoms. The van der Waals surface area contributed by atoms with Crippen molar-refractivity contribution in [2.75, 3.05) is 0 Å². The van der Waals surface area contributed by atoms with E-state index in [-0.39, 0.29) is 71.3 Å². The van der Waals surface area contributed by atoms with Crippen LogP contribution in [0, 0.1) is 0 Å². The number of carboxylic acid groups (broad SMARTS) is 2. The van der Waals surface area contributed by atoms with Crippen molar-refractivity contribution in [2.24, 2.45) is 0 Å². The molecule has 0 atom stereocenters. The molecule has 0 aliphatic carbocycles. The zero-order chi connectivity index (χ0) is 3.58. The van der Waals surface area contributed by atoms with Gasteiger partial charge in [-0.25, -0.2) is 0 Å². The summed E-state index contributed by atoms with van der Waals surface area (Å²) >= 11 is 0. The van der Waals surface area contributed by atoms with Gasteiger partial charge < -0.3 is 20.5 Å². The Morgan fingerprint density at radius 3 is 1.25 bits per heavy atom. The quantitative estimate of drug-likeness (QED) is 0.307. The SMILES string of the molecule is O=C([O-])[O-].[Al+3].[Li+].[Na+].[OH-]. The maximum atomic E-state index is 8.33. The normalized spacial score (nSPS) is 3.00. The van der Waals surface area contributed by atoms with Crippen LogP contribution in [0.2, 0.25) is 0 Å². The second-order valence-corrected chi connectivity index (χ2v) is 0.250. The zero-order valence-electron chi connectivity index (χ0n) is 4.75. The molecular formula is CHAlLiNaO4+2. The molecule has 0 aliphatic heterocycles. The van der Waals surface area contributed by atoms with E-state index >= 15 is 0 Å². The van der Waals surface area contributed by atoms with Crippen LogP contribution >= 0.6 is 0 Å². The molecule has 0 saturated heterocycles. The fourth-order valence-corrected chi connectivity index (χ4v) is 0. The monoisotopic (exact) mass is 134 g/mol. The van der Waals surface area contributed by atoms with Gasteiger partial charge in [-0.2, -0.15) is 0 Å². The Hall–Kier alpha value is 1.36. The van der Waals surface area contributed by atoms with Crippen molar-refractivity contribution in [3.8, 4) is 0 Å². The molecule has 0 aromatic carbocycles. The minimum absolute atomic E-state index is 0. The van der Waals surface area contributed by atoms with Crippen molar-refractivity contribution in [3.63, 3.8) is 0 Å². The summed E-state index contributed by atoms with van der Waals surface area (Å²) in [7, 11) is 0. The average molecular weight is 134 g/mol. The first-order chi connectivity index (χ1) is 1.73. The molecule has 4 nitrogen and oxygen atoms in total. The van der Waals surface area contributed by atoms with Gasteiger partial charge in [0.2, 0.25) is 0 Å². The van der Waals surface area contributed by atoms with E-state index in [9.17, 15) is 0 Å². The Labute approximate surface area is 91.6 Å². The van der Waals surface area contributed by atoms with Gasteiger partial charge in [0, 0.05) is 0 Å². The van der Waals surface area contributed by atoms with Gasteiger partial charge in [0.15, 0.2) is 0 Å². The Kier molecular flexibility index (Phi) is 102. The molecular weight excluding hydrogens is 133 g/mol. The average Bonchev–Trinajstić information content (AvgIpc) is 0.811. The summed E-state index contributed by atoms with van der Waals surface area (Å²) in [5.41, 5.74) is 0. The number of carbonyl (C=O) groups excluding carboxylic acids is 1. The van der Waals surface area contributed by atoms with Crippen LogP contribution in [-0.4, -0.2) is 29.0 Å². The fourth-order valence-electron chi connectivity index (χ4n) is 0. The van der Waals surface area contributed by atoms with E-state index < -0.39 is 6.16 Å². The van der Waals surface area contributed by atoms with Gasteiger partial charge in [0.25, 0.3) is 0 Å². The molecule has 0 aliphatic rings. The van der Waals surface area contributed by atoms with E-state index in [2.05, 4.69) is 0 Å². The van der Waals surface area contributed by atoms with Crippen molar-refractivity contribution >= 4 is 23.5 Å². The summed E-state index contributed by atoms with van der Waals surface area (Å²) in [6.07, 6.45) is -2.33. The molecule has 0 aromatic heterocycles. The van der Waals surface area contributed by atoms with Gasteiger partial charge in [0.1, 0.15) is 0 Å². The largest absolute Gasteiger partial charge is 3.00 e. The summed E-state index contributed by atoms with van der Waals surface area (Å²) < 4.78 is 0. The summed E-state index contributed by atoms with van der Waals surface area (Å²) in [5.74, 6) is 0.